The van der Waals surface area contributed by atoms with E-state index in [0.29, 0.717) is 12.8 Å². The summed E-state index contributed by atoms with van der Waals surface area (Å²) in [4.78, 5) is 22.8. The highest BCUT2D eigenvalue weighted by atomic mass is 16.2. The highest BCUT2D eigenvalue weighted by molar-refractivity contribution is 5.98. The molecular formula is C14H17NO2. The van der Waals surface area contributed by atoms with Crippen LogP contribution in [0.2, 0.25) is 0 Å². The second-order valence-electron chi connectivity index (χ2n) is 4.87. The first-order chi connectivity index (χ1) is 7.97. The molecular weight excluding hydrogens is 214 g/mol. The van der Waals surface area contributed by atoms with Gasteiger partial charge in [-0.1, -0.05) is 12.1 Å². The number of benzene rings is 1. The van der Waals surface area contributed by atoms with Crippen LogP contribution >= 0.6 is 0 Å². The van der Waals surface area contributed by atoms with Gasteiger partial charge in [-0.2, -0.15) is 0 Å². The number of carbonyl (C=O) groups excluding carboxylic acids is 2. The molecule has 1 aliphatic heterocycles. The highest BCUT2D eigenvalue weighted by Crippen LogP contribution is 2.30. The maximum atomic E-state index is 11.4. The van der Waals surface area contributed by atoms with Crippen LogP contribution in [0.15, 0.2) is 12.1 Å². The number of aryl methyl sites for hydroxylation is 3. The number of amides is 2. The van der Waals surface area contributed by atoms with Crippen molar-refractivity contribution in [1.82, 2.24) is 5.32 Å². The van der Waals surface area contributed by atoms with Crippen molar-refractivity contribution < 1.29 is 9.59 Å². The second-order valence-corrected chi connectivity index (χ2v) is 4.87. The molecule has 2 rings (SSSR count). The molecule has 17 heavy (non-hydrogen) atoms. The minimum atomic E-state index is -0.163. The van der Waals surface area contributed by atoms with Gasteiger partial charge in [0.25, 0.3) is 0 Å². The smallest absolute Gasteiger partial charge is 0.227 e. The highest BCUT2D eigenvalue weighted by Gasteiger charge is 2.27. The van der Waals surface area contributed by atoms with Crippen LogP contribution in [0.1, 0.15) is 41.0 Å². The lowest BCUT2D eigenvalue weighted by Crippen LogP contribution is -2.37. The van der Waals surface area contributed by atoms with Gasteiger partial charge in [0.2, 0.25) is 11.8 Å². The fourth-order valence-electron chi connectivity index (χ4n) is 2.42. The molecule has 2 amide bonds. The van der Waals surface area contributed by atoms with Gasteiger partial charge < -0.3 is 0 Å². The van der Waals surface area contributed by atoms with Crippen molar-refractivity contribution >= 4 is 11.8 Å². The van der Waals surface area contributed by atoms with Crippen LogP contribution in [0.5, 0.6) is 0 Å². The monoisotopic (exact) mass is 231 g/mol. The lowest BCUT2D eigenvalue weighted by molar-refractivity contribution is -0.133. The average Bonchev–Trinajstić information content (AvgIpc) is 2.22. The van der Waals surface area contributed by atoms with Crippen molar-refractivity contribution in [1.29, 1.82) is 0 Å². The van der Waals surface area contributed by atoms with Crippen molar-refractivity contribution in [3.8, 4) is 0 Å². The molecule has 0 aromatic heterocycles. The Kier molecular flexibility index (Phi) is 3.01. The van der Waals surface area contributed by atoms with Gasteiger partial charge in [0.15, 0.2) is 0 Å². The standard InChI is InChI=1S/C14H17NO2/c1-8-4-10(3)12(5-9(8)2)11-6-13(16)15-14(17)7-11/h4-5,11H,6-7H2,1-3H3,(H,15,16,17). The lowest BCUT2D eigenvalue weighted by Gasteiger charge is -2.23. The lowest BCUT2D eigenvalue weighted by atomic mass is 9.85. The van der Waals surface area contributed by atoms with E-state index in [-0.39, 0.29) is 17.7 Å². The quantitative estimate of drug-likeness (QED) is 0.753. The van der Waals surface area contributed by atoms with Gasteiger partial charge in [-0.25, -0.2) is 0 Å². The van der Waals surface area contributed by atoms with Crippen molar-refractivity contribution in [2.75, 3.05) is 0 Å². The van der Waals surface area contributed by atoms with E-state index in [0.717, 1.165) is 5.56 Å². The van der Waals surface area contributed by atoms with Gasteiger partial charge in [0, 0.05) is 18.8 Å². The Morgan fingerprint density at radius 1 is 0.941 bits per heavy atom. The number of nitrogens with one attached hydrogen (secondary N) is 1. The molecule has 1 aromatic rings. The summed E-state index contributed by atoms with van der Waals surface area (Å²) in [6.07, 6.45) is 0.824. The maximum Gasteiger partial charge on any atom is 0.227 e. The van der Waals surface area contributed by atoms with Crippen LogP contribution in [0, 0.1) is 20.8 Å². The number of rotatable bonds is 1. The average molecular weight is 231 g/mol. The van der Waals surface area contributed by atoms with Gasteiger partial charge in [-0.3, -0.25) is 14.9 Å². The Morgan fingerprint density at radius 3 is 2.06 bits per heavy atom. The van der Waals surface area contributed by atoms with Crippen LogP contribution in [-0.4, -0.2) is 11.8 Å². The third kappa shape index (κ3) is 2.38. The van der Waals surface area contributed by atoms with Crippen LogP contribution < -0.4 is 5.32 Å². The zero-order chi connectivity index (χ0) is 12.6. The van der Waals surface area contributed by atoms with Crippen LogP contribution in [0.4, 0.5) is 0 Å². The molecule has 1 saturated heterocycles. The van der Waals surface area contributed by atoms with E-state index in [1.807, 2.05) is 6.92 Å². The number of piperidine rings is 1. The summed E-state index contributed by atoms with van der Waals surface area (Å²) >= 11 is 0. The first-order valence-electron chi connectivity index (χ1n) is 5.88. The summed E-state index contributed by atoms with van der Waals surface area (Å²) < 4.78 is 0. The Labute approximate surface area is 101 Å². The molecule has 0 saturated carbocycles. The second kappa shape index (κ2) is 4.32. The van der Waals surface area contributed by atoms with E-state index in [1.54, 1.807) is 0 Å². The number of imide groups is 1. The van der Waals surface area contributed by atoms with E-state index in [4.69, 9.17) is 0 Å². The van der Waals surface area contributed by atoms with Crippen molar-refractivity contribution in [3.05, 3.63) is 34.4 Å². The fourth-order valence-corrected chi connectivity index (χ4v) is 2.42. The maximum absolute atomic E-state index is 11.4. The third-order valence-electron chi connectivity index (χ3n) is 3.46. The zero-order valence-corrected chi connectivity index (χ0v) is 10.5. The number of hydrogen-bond donors (Lipinski definition) is 1. The van der Waals surface area contributed by atoms with E-state index in [2.05, 4.69) is 31.3 Å². The van der Waals surface area contributed by atoms with E-state index < -0.39 is 0 Å². The van der Waals surface area contributed by atoms with Crippen LogP contribution in [-0.2, 0) is 9.59 Å². The van der Waals surface area contributed by atoms with Gasteiger partial charge in [-0.05, 0) is 43.0 Å². The summed E-state index contributed by atoms with van der Waals surface area (Å²) in [6.45, 7) is 6.17. The molecule has 1 heterocycles. The van der Waals surface area contributed by atoms with Crippen molar-refractivity contribution in [2.45, 2.75) is 39.5 Å². The van der Waals surface area contributed by atoms with Gasteiger partial charge in [-0.15, -0.1) is 0 Å². The zero-order valence-electron chi connectivity index (χ0n) is 10.5. The minimum absolute atomic E-state index is 0.0375. The summed E-state index contributed by atoms with van der Waals surface area (Å²) in [6, 6.07) is 4.24. The molecule has 0 aliphatic carbocycles. The Morgan fingerprint density at radius 2 is 1.47 bits per heavy atom. The molecule has 3 nitrogen and oxygen atoms in total. The summed E-state index contributed by atoms with van der Waals surface area (Å²) in [5.41, 5.74) is 4.76. The summed E-state index contributed by atoms with van der Waals surface area (Å²) in [5.74, 6) is -0.289. The van der Waals surface area contributed by atoms with E-state index in [1.165, 1.54) is 16.7 Å². The minimum Gasteiger partial charge on any atom is -0.296 e. The Bertz CT molecular complexity index is 475. The van der Waals surface area contributed by atoms with E-state index in [9.17, 15) is 9.59 Å². The predicted molar refractivity (Wildman–Crippen MR) is 65.8 cm³/mol. The first kappa shape index (κ1) is 11.8. The van der Waals surface area contributed by atoms with E-state index >= 15 is 0 Å². The van der Waals surface area contributed by atoms with Crippen LogP contribution in [0.3, 0.4) is 0 Å². The van der Waals surface area contributed by atoms with Crippen LogP contribution in [0.25, 0.3) is 0 Å². The topological polar surface area (TPSA) is 46.2 Å². The largest absolute Gasteiger partial charge is 0.296 e. The molecule has 1 aromatic carbocycles. The molecule has 0 unspecified atom stereocenters. The predicted octanol–water partition coefficient (Wildman–Crippen LogP) is 2.13. The SMILES string of the molecule is Cc1cc(C)c(C2CC(=O)NC(=O)C2)cc1C. The van der Waals surface area contributed by atoms with Gasteiger partial charge >= 0.3 is 0 Å². The fraction of sp³-hybridized carbons (Fsp3) is 0.429. The molecule has 1 aliphatic rings. The van der Waals surface area contributed by atoms with Gasteiger partial charge in [0.05, 0.1) is 0 Å². The number of carbonyl (C=O) groups is 2. The molecule has 1 N–H and O–H groups in total. The molecule has 0 atom stereocenters. The molecule has 0 bridgehead atoms. The molecule has 0 spiro atoms. The van der Waals surface area contributed by atoms with Crippen molar-refractivity contribution in [3.63, 3.8) is 0 Å². The Balaban J connectivity index is 2.36. The number of hydrogen-bond acceptors (Lipinski definition) is 2. The Hall–Kier alpha value is -1.64. The van der Waals surface area contributed by atoms with Crippen molar-refractivity contribution in [2.24, 2.45) is 0 Å². The molecule has 1 fully saturated rings. The van der Waals surface area contributed by atoms with Gasteiger partial charge in [0.1, 0.15) is 0 Å². The normalized spacial score (nSPS) is 17.1. The molecule has 3 heteroatoms. The first-order valence-corrected chi connectivity index (χ1v) is 5.88. The third-order valence-corrected chi connectivity index (χ3v) is 3.46. The summed E-state index contributed by atoms with van der Waals surface area (Å²) in [7, 11) is 0. The molecule has 0 radical (unpaired) electrons. The summed E-state index contributed by atoms with van der Waals surface area (Å²) in [5, 5.41) is 2.35. The molecule has 90 valence electrons.